The number of amides is 1. The van der Waals surface area contributed by atoms with Gasteiger partial charge < -0.3 is 24.8 Å². The first-order chi connectivity index (χ1) is 16.2. The summed E-state index contributed by atoms with van der Waals surface area (Å²) in [4.78, 5) is 29.9. The van der Waals surface area contributed by atoms with Crippen LogP contribution >= 0.6 is 11.3 Å². The lowest BCUT2D eigenvalue weighted by Crippen LogP contribution is -2.38. The van der Waals surface area contributed by atoms with E-state index in [9.17, 15) is 4.79 Å². The van der Waals surface area contributed by atoms with Crippen molar-refractivity contribution in [1.82, 2.24) is 14.8 Å². The molecule has 174 valence electrons. The third-order valence-corrected chi connectivity index (χ3v) is 6.62. The van der Waals surface area contributed by atoms with Gasteiger partial charge in [0.15, 0.2) is 22.3 Å². The van der Waals surface area contributed by atoms with Crippen LogP contribution in [0.1, 0.15) is 27.5 Å². The fourth-order valence-electron chi connectivity index (χ4n) is 4.15. The van der Waals surface area contributed by atoms with Gasteiger partial charge in [0.1, 0.15) is 17.2 Å². The van der Waals surface area contributed by atoms with Gasteiger partial charge in [0.2, 0.25) is 0 Å². The number of aliphatic imine (C=N–C) groups is 2. The van der Waals surface area contributed by atoms with Crippen molar-refractivity contribution in [1.29, 1.82) is 0 Å². The van der Waals surface area contributed by atoms with Crippen LogP contribution in [0.4, 0.5) is 5.69 Å². The molecule has 4 heterocycles. The number of aromatic nitrogens is 1. The van der Waals surface area contributed by atoms with E-state index in [0.717, 1.165) is 50.7 Å². The number of nitrogens with two attached hydrogens (primary N) is 1. The number of fused-ring (bicyclic) bond motifs is 3. The first-order valence-corrected chi connectivity index (χ1v) is 11.8. The summed E-state index contributed by atoms with van der Waals surface area (Å²) < 4.78 is 17.2. The Kier molecular flexibility index (Phi) is 6.25. The Hall–Kier alpha value is -3.02. The van der Waals surface area contributed by atoms with Crippen LogP contribution < -0.4 is 15.2 Å². The average molecular weight is 471 g/mol. The number of benzene rings is 1. The summed E-state index contributed by atoms with van der Waals surface area (Å²) >= 11 is 1.33. The van der Waals surface area contributed by atoms with Crippen LogP contribution in [0.15, 0.2) is 27.5 Å². The number of thiazole rings is 1. The Morgan fingerprint density at radius 3 is 2.85 bits per heavy atom. The zero-order valence-corrected chi connectivity index (χ0v) is 19.3. The van der Waals surface area contributed by atoms with Gasteiger partial charge in [-0.1, -0.05) is 0 Å². The third kappa shape index (κ3) is 4.31. The molecule has 10 nitrogen and oxygen atoms in total. The summed E-state index contributed by atoms with van der Waals surface area (Å²) in [6.45, 7) is 6.41. The molecule has 0 spiro atoms. The zero-order valence-electron chi connectivity index (χ0n) is 18.5. The number of hydrogen-bond acceptors (Lipinski definition) is 10. The highest BCUT2D eigenvalue weighted by molar-refractivity contribution is 7.12. The predicted octanol–water partition coefficient (Wildman–Crippen LogP) is 1.51. The van der Waals surface area contributed by atoms with Gasteiger partial charge in [-0.2, -0.15) is 0 Å². The Labute approximate surface area is 195 Å². The molecule has 2 N–H and O–H groups in total. The van der Waals surface area contributed by atoms with Crippen molar-refractivity contribution in [3.8, 4) is 11.5 Å². The summed E-state index contributed by atoms with van der Waals surface area (Å²) in [5.41, 5.74) is 7.17. The molecule has 1 aromatic carbocycles. The molecule has 1 aromatic heterocycles. The van der Waals surface area contributed by atoms with E-state index in [1.165, 1.54) is 11.3 Å². The van der Waals surface area contributed by atoms with Crippen molar-refractivity contribution >= 4 is 34.6 Å². The Morgan fingerprint density at radius 2 is 2.09 bits per heavy atom. The number of hydrogen-bond donors (Lipinski definition) is 1. The standard InChI is InChI=1S/C22H26N6O4S/c1-30-18-16(32-10-2-6-27-8-11-31-12-9-27)4-3-14-17(18)26-21(28-7-5-24-20(14)28)22-25-15(13-33-22)19(23)29/h3-4,13H,2,5-12H2,1H3,(H2,23,29). The van der Waals surface area contributed by atoms with Crippen LogP contribution in [0.3, 0.4) is 0 Å². The minimum absolute atomic E-state index is 0.227. The second-order valence-electron chi connectivity index (χ2n) is 7.84. The van der Waals surface area contributed by atoms with Crippen LogP contribution in [-0.4, -0.2) is 92.0 Å². The first-order valence-electron chi connectivity index (χ1n) is 11.0. The smallest absolute Gasteiger partial charge is 0.268 e. The number of carbonyl (C=O) groups is 1. The SMILES string of the molecule is COc1c(OCCCN2CCOCC2)ccc2c1N=C(c1nc(C(N)=O)cs1)N1CCN=C21. The molecule has 33 heavy (non-hydrogen) atoms. The fraction of sp³-hybridized carbons (Fsp3) is 0.455. The lowest BCUT2D eigenvalue weighted by molar-refractivity contribution is 0.0357. The fourth-order valence-corrected chi connectivity index (χ4v) is 4.96. The highest BCUT2D eigenvalue weighted by Crippen LogP contribution is 2.44. The maximum absolute atomic E-state index is 11.5. The minimum atomic E-state index is -0.560. The van der Waals surface area contributed by atoms with Crippen molar-refractivity contribution in [2.45, 2.75) is 6.42 Å². The van der Waals surface area contributed by atoms with Crippen molar-refractivity contribution in [3.05, 3.63) is 33.8 Å². The van der Waals surface area contributed by atoms with Crippen LogP contribution in [0.25, 0.3) is 0 Å². The molecule has 11 heteroatoms. The zero-order chi connectivity index (χ0) is 22.8. The highest BCUT2D eigenvalue weighted by atomic mass is 32.1. The van der Waals surface area contributed by atoms with Crippen molar-refractivity contribution < 1.29 is 19.0 Å². The number of carbonyl (C=O) groups excluding carboxylic acids is 1. The van der Waals surface area contributed by atoms with Gasteiger partial charge in [0, 0.05) is 37.1 Å². The van der Waals surface area contributed by atoms with E-state index in [1.807, 2.05) is 17.0 Å². The van der Waals surface area contributed by atoms with Gasteiger partial charge in [0.05, 0.1) is 33.5 Å². The number of methoxy groups -OCH3 is 1. The van der Waals surface area contributed by atoms with Crippen LogP contribution in [0.5, 0.6) is 11.5 Å². The summed E-state index contributed by atoms with van der Waals surface area (Å²) in [7, 11) is 1.61. The monoisotopic (exact) mass is 470 g/mol. The predicted molar refractivity (Wildman–Crippen MR) is 125 cm³/mol. The molecule has 3 aliphatic heterocycles. The van der Waals surface area contributed by atoms with E-state index in [0.29, 0.717) is 47.7 Å². The van der Waals surface area contributed by atoms with Gasteiger partial charge in [-0.3, -0.25) is 14.7 Å². The van der Waals surface area contributed by atoms with E-state index in [4.69, 9.17) is 24.9 Å². The molecule has 0 radical (unpaired) electrons. The molecule has 5 rings (SSSR count). The van der Waals surface area contributed by atoms with Gasteiger partial charge in [-0.25, -0.2) is 9.98 Å². The second kappa shape index (κ2) is 9.46. The lowest BCUT2D eigenvalue weighted by Gasteiger charge is -2.28. The summed E-state index contributed by atoms with van der Waals surface area (Å²) in [6, 6.07) is 3.89. The molecular formula is C22H26N6O4S. The summed E-state index contributed by atoms with van der Waals surface area (Å²) in [6.07, 6.45) is 0.907. The van der Waals surface area contributed by atoms with Gasteiger partial charge in [-0.15, -0.1) is 11.3 Å². The van der Waals surface area contributed by atoms with Crippen molar-refractivity contribution in [2.75, 3.05) is 59.7 Å². The number of amidine groups is 2. The molecule has 2 aromatic rings. The largest absolute Gasteiger partial charge is 0.491 e. The minimum Gasteiger partial charge on any atom is -0.491 e. The molecule has 0 aliphatic carbocycles. The second-order valence-corrected chi connectivity index (χ2v) is 8.70. The first kappa shape index (κ1) is 21.8. The average Bonchev–Trinajstić information content (AvgIpc) is 3.52. The normalized spacial score (nSPS) is 17.8. The molecular weight excluding hydrogens is 444 g/mol. The molecule has 0 atom stereocenters. The van der Waals surface area contributed by atoms with Crippen molar-refractivity contribution in [2.24, 2.45) is 15.7 Å². The molecule has 3 aliphatic rings. The Balaban J connectivity index is 1.40. The number of rotatable bonds is 8. The van der Waals surface area contributed by atoms with E-state index < -0.39 is 5.91 Å². The van der Waals surface area contributed by atoms with Crippen molar-refractivity contribution in [3.63, 3.8) is 0 Å². The molecule has 0 bridgehead atoms. The summed E-state index contributed by atoms with van der Waals surface area (Å²) in [5, 5.41) is 2.26. The molecule has 1 saturated heterocycles. The third-order valence-electron chi connectivity index (χ3n) is 5.78. The number of morpholine rings is 1. The van der Waals surface area contributed by atoms with E-state index in [1.54, 1.807) is 12.5 Å². The summed E-state index contributed by atoms with van der Waals surface area (Å²) in [5.74, 6) is 2.11. The van der Waals surface area contributed by atoms with E-state index in [2.05, 4.69) is 14.9 Å². The number of ether oxygens (including phenoxy) is 3. The topological polar surface area (TPSA) is 115 Å². The molecule has 1 amide bonds. The Bertz CT molecular complexity index is 1110. The van der Waals surface area contributed by atoms with Gasteiger partial charge in [-0.05, 0) is 18.6 Å². The maximum atomic E-state index is 11.5. The highest BCUT2D eigenvalue weighted by Gasteiger charge is 2.34. The van der Waals surface area contributed by atoms with Gasteiger partial charge in [0.25, 0.3) is 5.91 Å². The molecule has 0 unspecified atom stereocenters. The maximum Gasteiger partial charge on any atom is 0.268 e. The number of nitrogens with zero attached hydrogens (tertiary/aromatic N) is 5. The molecule has 0 saturated carbocycles. The van der Waals surface area contributed by atoms with Crippen LogP contribution in [0.2, 0.25) is 0 Å². The van der Waals surface area contributed by atoms with Crippen LogP contribution in [0, 0.1) is 0 Å². The Morgan fingerprint density at radius 1 is 1.24 bits per heavy atom. The quantitative estimate of drug-likeness (QED) is 0.582. The van der Waals surface area contributed by atoms with E-state index >= 15 is 0 Å². The molecule has 1 fully saturated rings. The van der Waals surface area contributed by atoms with Crippen LogP contribution in [-0.2, 0) is 4.74 Å². The van der Waals surface area contributed by atoms with Gasteiger partial charge >= 0.3 is 0 Å². The van der Waals surface area contributed by atoms with E-state index in [-0.39, 0.29) is 5.69 Å². The lowest BCUT2D eigenvalue weighted by atomic mass is 10.1. The number of primary amides is 1.